The minimum absolute atomic E-state index is 0.0187. The van der Waals surface area contributed by atoms with E-state index in [1.807, 2.05) is 11.8 Å². The zero-order valence-electron chi connectivity index (χ0n) is 21.0. The van der Waals surface area contributed by atoms with Crippen molar-refractivity contribution in [3.63, 3.8) is 0 Å². The van der Waals surface area contributed by atoms with Gasteiger partial charge in [-0.2, -0.15) is 5.10 Å². The lowest BCUT2D eigenvalue weighted by Crippen LogP contribution is -2.42. The molecule has 0 unspecified atom stereocenters. The van der Waals surface area contributed by atoms with Crippen LogP contribution in [-0.4, -0.2) is 47.6 Å². The van der Waals surface area contributed by atoms with E-state index >= 15 is 4.39 Å². The van der Waals surface area contributed by atoms with E-state index in [1.165, 1.54) is 12.1 Å². The Hall–Kier alpha value is -3.76. The number of carbonyl (C=O) groups excluding carboxylic acids is 1. The number of rotatable bonds is 5. The van der Waals surface area contributed by atoms with Gasteiger partial charge in [0.2, 0.25) is 0 Å². The topological polar surface area (TPSA) is 94.5 Å². The SMILES string of the molecule is C[C@@H](NC(=O)OC(C)(C)C)[C@@H]1CCN(c2cc3c(cc2F)CC(C(=O)O)=NN3c2ccc(F)cc2F)C1. The Labute approximate surface area is 212 Å². The molecular weight excluding hydrogens is 489 g/mol. The molecule has 2 heterocycles. The van der Waals surface area contributed by atoms with Crippen LogP contribution in [0.1, 0.15) is 39.7 Å². The van der Waals surface area contributed by atoms with E-state index in [4.69, 9.17) is 4.74 Å². The van der Waals surface area contributed by atoms with Gasteiger partial charge in [-0.1, -0.05) is 0 Å². The van der Waals surface area contributed by atoms with Crippen molar-refractivity contribution in [3.05, 3.63) is 53.3 Å². The smallest absolute Gasteiger partial charge is 0.407 e. The molecule has 1 fully saturated rings. The van der Waals surface area contributed by atoms with Crippen molar-refractivity contribution in [3.8, 4) is 0 Å². The van der Waals surface area contributed by atoms with Crippen LogP contribution in [-0.2, 0) is 16.0 Å². The number of nitrogens with zero attached hydrogens (tertiary/aromatic N) is 3. The minimum Gasteiger partial charge on any atom is -0.477 e. The molecule has 1 saturated heterocycles. The number of hydrogen-bond acceptors (Lipinski definition) is 6. The molecule has 2 atom stereocenters. The van der Waals surface area contributed by atoms with Gasteiger partial charge in [-0.15, -0.1) is 0 Å². The first kappa shape index (κ1) is 26.3. The van der Waals surface area contributed by atoms with Crippen LogP contribution in [0.15, 0.2) is 35.4 Å². The number of benzene rings is 2. The summed E-state index contributed by atoms with van der Waals surface area (Å²) in [5.41, 5.74) is -0.230. The van der Waals surface area contributed by atoms with Crippen LogP contribution in [0.4, 0.5) is 35.0 Å². The lowest BCUT2D eigenvalue weighted by atomic mass is 10.0. The molecule has 0 aromatic heterocycles. The number of amides is 1. The molecule has 0 spiro atoms. The fourth-order valence-electron chi connectivity index (χ4n) is 4.54. The summed E-state index contributed by atoms with van der Waals surface area (Å²) in [5, 5.41) is 17.5. The number of hydrazone groups is 1. The number of alkyl carbamates (subject to hydrolysis) is 1. The van der Waals surface area contributed by atoms with E-state index in [0.29, 0.717) is 36.8 Å². The molecule has 0 saturated carbocycles. The average molecular weight is 519 g/mol. The zero-order chi connectivity index (χ0) is 27.1. The molecule has 1 amide bonds. The number of carboxylic acids is 1. The second kappa shape index (κ2) is 9.95. The van der Waals surface area contributed by atoms with E-state index in [0.717, 1.165) is 17.1 Å². The highest BCUT2D eigenvalue weighted by atomic mass is 19.1. The summed E-state index contributed by atoms with van der Waals surface area (Å²) in [4.78, 5) is 25.6. The van der Waals surface area contributed by atoms with E-state index < -0.39 is 35.1 Å². The Morgan fingerprint density at radius 2 is 1.81 bits per heavy atom. The lowest BCUT2D eigenvalue weighted by Gasteiger charge is -2.30. The van der Waals surface area contributed by atoms with Crippen molar-refractivity contribution in [1.82, 2.24) is 5.32 Å². The van der Waals surface area contributed by atoms with Crippen molar-refractivity contribution in [2.75, 3.05) is 23.0 Å². The van der Waals surface area contributed by atoms with Crippen LogP contribution in [0, 0.1) is 23.4 Å². The zero-order valence-corrected chi connectivity index (χ0v) is 21.0. The molecule has 2 aromatic carbocycles. The number of fused-ring (bicyclic) bond motifs is 1. The molecule has 8 nitrogen and oxygen atoms in total. The van der Waals surface area contributed by atoms with Gasteiger partial charge in [0.05, 0.1) is 11.4 Å². The maximum atomic E-state index is 15.3. The average Bonchev–Trinajstić information content (AvgIpc) is 3.27. The molecule has 2 aromatic rings. The van der Waals surface area contributed by atoms with Gasteiger partial charge in [-0.05, 0) is 69.9 Å². The summed E-state index contributed by atoms with van der Waals surface area (Å²) in [5.74, 6) is -3.59. The first-order valence-electron chi connectivity index (χ1n) is 11.9. The minimum atomic E-state index is -1.32. The normalized spacial score (nSPS) is 18.2. The molecular formula is C26H29F3N4O4. The number of nitrogens with one attached hydrogen (secondary N) is 1. The largest absolute Gasteiger partial charge is 0.477 e. The van der Waals surface area contributed by atoms with Crippen LogP contribution in [0.25, 0.3) is 0 Å². The van der Waals surface area contributed by atoms with E-state index in [9.17, 15) is 23.5 Å². The molecule has 2 N–H and O–H groups in total. The van der Waals surface area contributed by atoms with Crippen LogP contribution >= 0.6 is 0 Å². The Morgan fingerprint density at radius 3 is 2.46 bits per heavy atom. The highest BCUT2D eigenvalue weighted by molar-refractivity contribution is 6.37. The Balaban J connectivity index is 1.61. The van der Waals surface area contributed by atoms with E-state index in [2.05, 4.69) is 10.4 Å². The third-order valence-electron chi connectivity index (χ3n) is 6.36. The summed E-state index contributed by atoms with van der Waals surface area (Å²) in [6.07, 6.45) is 0.00800. The molecule has 37 heavy (non-hydrogen) atoms. The van der Waals surface area contributed by atoms with Gasteiger partial charge in [0.25, 0.3) is 0 Å². The fraction of sp³-hybridized carbons (Fsp3) is 0.423. The second-order valence-electron chi connectivity index (χ2n) is 10.3. The van der Waals surface area contributed by atoms with Gasteiger partial charge in [0, 0.05) is 31.6 Å². The van der Waals surface area contributed by atoms with Gasteiger partial charge in [0.15, 0.2) is 11.5 Å². The van der Waals surface area contributed by atoms with Crippen molar-refractivity contribution in [2.45, 2.75) is 52.2 Å². The quantitative estimate of drug-likeness (QED) is 0.580. The molecule has 4 rings (SSSR count). The maximum Gasteiger partial charge on any atom is 0.407 e. The van der Waals surface area contributed by atoms with Crippen molar-refractivity contribution < 1.29 is 32.6 Å². The molecule has 0 radical (unpaired) electrons. The predicted octanol–water partition coefficient (Wildman–Crippen LogP) is 4.98. The first-order chi connectivity index (χ1) is 17.3. The number of carboxylic acid groups (broad SMARTS) is 1. The number of anilines is 3. The van der Waals surface area contributed by atoms with Crippen molar-refractivity contribution in [2.24, 2.45) is 11.0 Å². The number of carbonyl (C=O) groups is 2. The molecule has 2 aliphatic heterocycles. The lowest BCUT2D eigenvalue weighted by molar-refractivity contribution is -0.129. The van der Waals surface area contributed by atoms with Gasteiger partial charge < -0.3 is 20.1 Å². The third-order valence-corrected chi connectivity index (χ3v) is 6.36. The first-order valence-corrected chi connectivity index (χ1v) is 11.9. The van der Waals surface area contributed by atoms with Gasteiger partial charge in [-0.3, -0.25) is 0 Å². The summed E-state index contributed by atoms with van der Waals surface area (Å²) in [6, 6.07) is 5.37. The molecule has 0 aliphatic carbocycles. The van der Waals surface area contributed by atoms with Crippen molar-refractivity contribution >= 4 is 34.8 Å². The third kappa shape index (κ3) is 5.81. The number of aliphatic carboxylic acids is 1. The highest BCUT2D eigenvalue weighted by Crippen LogP contribution is 2.39. The Kier molecular flexibility index (Phi) is 7.07. The summed E-state index contributed by atoms with van der Waals surface area (Å²) < 4.78 is 48.8. The predicted molar refractivity (Wildman–Crippen MR) is 133 cm³/mol. The monoisotopic (exact) mass is 518 g/mol. The van der Waals surface area contributed by atoms with Crippen molar-refractivity contribution in [1.29, 1.82) is 0 Å². The van der Waals surface area contributed by atoms with E-state index in [-0.39, 0.29) is 35.5 Å². The number of ether oxygens (including phenoxy) is 1. The molecule has 11 heteroatoms. The summed E-state index contributed by atoms with van der Waals surface area (Å²) >= 11 is 0. The number of halogens is 3. The summed E-state index contributed by atoms with van der Waals surface area (Å²) in [6.45, 7) is 8.15. The molecule has 0 bridgehead atoms. The number of hydrogen-bond donors (Lipinski definition) is 2. The molecule has 2 aliphatic rings. The highest BCUT2D eigenvalue weighted by Gasteiger charge is 2.33. The van der Waals surface area contributed by atoms with Crippen LogP contribution in [0.3, 0.4) is 0 Å². The summed E-state index contributed by atoms with van der Waals surface area (Å²) in [7, 11) is 0. The maximum absolute atomic E-state index is 15.3. The Morgan fingerprint density at radius 1 is 1.11 bits per heavy atom. The van der Waals surface area contributed by atoms with Crippen LogP contribution < -0.4 is 15.2 Å². The van der Waals surface area contributed by atoms with Gasteiger partial charge >= 0.3 is 12.1 Å². The van der Waals surface area contributed by atoms with Gasteiger partial charge in [-0.25, -0.2) is 27.8 Å². The standard InChI is InChI=1S/C26H29F3N4O4/c1-14(30-25(36)37-26(2,3)4)15-7-8-32(13-15)23-12-22-16(9-18(23)28)10-20(24(34)35)31-33(22)21-6-5-17(27)11-19(21)29/h5-6,9,11-12,14-15H,7-8,10,13H2,1-4H3,(H,30,36)(H,34,35)/t14-,15-/m1/s1. The fourth-order valence-corrected chi connectivity index (χ4v) is 4.54. The molecule has 198 valence electrons. The second-order valence-corrected chi connectivity index (χ2v) is 10.3. The Bertz CT molecular complexity index is 1260. The van der Waals surface area contributed by atoms with Crippen LogP contribution in [0.2, 0.25) is 0 Å². The van der Waals surface area contributed by atoms with E-state index in [1.54, 1.807) is 20.8 Å². The van der Waals surface area contributed by atoms with Crippen LogP contribution in [0.5, 0.6) is 0 Å². The van der Waals surface area contributed by atoms with Gasteiger partial charge in [0.1, 0.15) is 22.9 Å².